The molecule has 1 aliphatic rings. The van der Waals surface area contributed by atoms with Crippen LogP contribution < -0.4 is 5.32 Å². The average molecular weight is 364 g/mol. The summed E-state index contributed by atoms with van der Waals surface area (Å²) in [6.07, 6.45) is 7.08. The molecule has 0 radical (unpaired) electrons. The highest BCUT2D eigenvalue weighted by Gasteiger charge is 2.22. The number of carbonyl (C=O) groups is 1. The molecule has 132 valence electrons. The average Bonchev–Trinajstić information content (AvgIpc) is 3.21. The van der Waals surface area contributed by atoms with Crippen molar-refractivity contribution in [2.45, 2.75) is 45.4 Å². The Kier molecular flexibility index (Phi) is 4.52. The molecule has 1 aromatic carbocycles. The highest BCUT2D eigenvalue weighted by molar-refractivity contribution is 7.16. The third-order valence-corrected chi connectivity index (χ3v) is 6.22. The minimum atomic E-state index is -0.107. The van der Waals surface area contributed by atoms with E-state index in [0.29, 0.717) is 10.6 Å². The maximum absolute atomic E-state index is 12.6. The SMILES string of the molecule is CCc1ccc2occ(CC(=O)Nc3sc4c(c3C#N)CCCC4)c2c1. The topological polar surface area (TPSA) is 66.0 Å². The van der Waals surface area contributed by atoms with Crippen LogP contribution in [0.15, 0.2) is 28.9 Å². The van der Waals surface area contributed by atoms with E-state index >= 15 is 0 Å². The van der Waals surface area contributed by atoms with Crippen molar-refractivity contribution in [3.05, 3.63) is 51.6 Å². The van der Waals surface area contributed by atoms with Gasteiger partial charge in [0.1, 0.15) is 16.7 Å². The first-order valence-corrected chi connectivity index (χ1v) is 9.84. The van der Waals surface area contributed by atoms with Gasteiger partial charge in [0.15, 0.2) is 0 Å². The van der Waals surface area contributed by atoms with Gasteiger partial charge in [-0.2, -0.15) is 5.26 Å². The molecule has 4 nitrogen and oxygen atoms in total. The second kappa shape index (κ2) is 6.97. The highest BCUT2D eigenvalue weighted by atomic mass is 32.1. The van der Waals surface area contributed by atoms with Crippen LogP contribution in [0.1, 0.15) is 46.9 Å². The zero-order valence-electron chi connectivity index (χ0n) is 14.7. The fourth-order valence-corrected chi connectivity index (χ4v) is 4.86. The summed E-state index contributed by atoms with van der Waals surface area (Å²) in [5.74, 6) is -0.107. The summed E-state index contributed by atoms with van der Waals surface area (Å²) in [7, 11) is 0. The normalized spacial score (nSPS) is 13.4. The molecule has 0 aliphatic heterocycles. The van der Waals surface area contributed by atoms with Crippen LogP contribution in [0.4, 0.5) is 5.00 Å². The van der Waals surface area contributed by atoms with E-state index in [9.17, 15) is 10.1 Å². The van der Waals surface area contributed by atoms with Crippen molar-refractivity contribution >= 4 is 33.2 Å². The molecule has 1 amide bonds. The van der Waals surface area contributed by atoms with Crippen molar-refractivity contribution in [2.75, 3.05) is 5.32 Å². The smallest absolute Gasteiger partial charge is 0.229 e. The van der Waals surface area contributed by atoms with E-state index in [4.69, 9.17) is 4.42 Å². The van der Waals surface area contributed by atoms with Crippen LogP contribution in [0.3, 0.4) is 0 Å². The van der Waals surface area contributed by atoms with Gasteiger partial charge in [0.2, 0.25) is 5.91 Å². The summed E-state index contributed by atoms with van der Waals surface area (Å²) in [4.78, 5) is 13.9. The molecule has 0 bridgehead atoms. The van der Waals surface area contributed by atoms with Gasteiger partial charge < -0.3 is 9.73 Å². The summed E-state index contributed by atoms with van der Waals surface area (Å²) in [6.45, 7) is 2.11. The number of hydrogen-bond donors (Lipinski definition) is 1. The van der Waals surface area contributed by atoms with Gasteiger partial charge in [-0.15, -0.1) is 11.3 Å². The van der Waals surface area contributed by atoms with Crippen LogP contribution in [0.2, 0.25) is 0 Å². The van der Waals surface area contributed by atoms with Crippen molar-refractivity contribution in [3.63, 3.8) is 0 Å². The molecule has 0 atom stereocenters. The van der Waals surface area contributed by atoms with Gasteiger partial charge in [0, 0.05) is 15.8 Å². The third-order valence-electron chi connectivity index (χ3n) is 5.01. The summed E-state index contributed by atoms with van der Waals surface area (Å²) in [5.41, 5.74) is 4.70. The molecule has 1 N–H and O–H groups in total. The Hall–Kier alpha value is -2.58. The first-order chi connectivity index (χ1) is 12.7. The van der Waals surface area contributed by atoms with Crippen molar-refractivity contribution in [2.24, 2.45) is 0 Å². The van der Waals surface area contributed by atoms with E-state index in [1.54, 1.807) is 17.6 Å². The number of amides is 1. The van der Waals surface area contributed by atoms with Crippen molar-refractivity contribution in [1.29, 1.82) is 5.26 Å². The number of benzene rings is 1. The van der Waals surface area contributed by atoms with Gasteiger partial charge in [-0.1, -0.05) is 13.0 Å². The zero-order valence-corrected chi connectivity index (χ0v) is 15.5. The number of furan rings is 1. The number of fused-ring (bicyclic) bond motifs is 2. The molecule has 0 spiro atoms. The van der Waals surface area contributed by atoms with E-state index in [-0.39, 0.29) is 12.3 Å². The Morgan fingerprint density at radius 3 is 3.00 bits per heavy atom. The Bertz CT molecular complexity index is 1020. The molecule has 5 heteroatoms. The van der Waals surface area contributed by atoms with Crippen molar-refractivity contribution in [3.8, 4) is 6.07 Å². The van der Waals surface area contributed by atoms with Gasteiger partial charge in [0.25, 0.3) is 0 Å². The summed E-state index contributed by atoms with van der Waals surface area (Å²) < 4.78 is 5.58. The number of nitrogens with one attached hydrogen (secondary N) is 1. The lowest BCUT2D eigenvalue weighted by Crippen LogP contribution is -2.14. The summed E-state index contributed by atoms with van der Waals surface area (Å²) in [5, 5.41) is 14.2. The van der Waals surface area contributed by atoms with Crippen LogP contribution in [-0.2, 0) is 30.5 Å². The van der Waals surface area contributed by atoms with E-state index in [0.717, 1.165) is 54.2 Å². The lowest BCUT2D eigenvalue weighted by molar-refractivity contribution is -0.115. The fourth-order valence-electron chi connectivity index (χ4n) is 3.60. The van der Waals surface area contributed by atoms with E-state index in [1.165, 1.54) is 10.4 Å². The first-order valence-electron chi connectivity index (χ1n) is 9.03. The molecule has 0 saturated heterocycles. The van der Waals surface area contributed by atoms with Gasteiger partial charge in [-0.3, -0.25) is 4.79 Å². The number of carbonyl (C=O) groups excluding carboxylic acids is 1. The van der Waals surface area contributed by atoms with Gasteiger partial charge in [-0.05, 0) is 55.4 Å². The Balaban J connectivity index is 1.57. The van der Waals surface area contributed by atoms with Crippen LogP contribution in [0, 0.1) is 11.3 Å². The molecule has 3 aromatic rings. The number of nitriles is 1. The maximum Gasteiger partial charge on any atom is 0.229 e. The van der Waals surface area contributed by atoms with E-state index in [1.807, 2.05) is 12.1 Å². The van der Waals surface area contributed by atoms with Crippen LogP contribution in [0.5, 0.6) is 0 Å². The predicted molar refractivity (Wildman–Crippen MR) is 104 cm³/mol. The second-order valence-corrected chi connectivity index (χ2v) is 7.80. The Morgan fingerprint density at radius 1 is 1.35 bits per heavy atom. The van der Waals surface area contributed by atoms with Gasteiger partial charge in [-0.25, -0.2) is 0 Å². The van der Waals surface area contributed by atoms with Gasteiger partial charge in [0.05, 0.1) is 18.2 Å². The van der Waals surface area contributed by atoms with Crippen molar-refractivity contribution < 1.29 is 9.21 Å². The number of anilines is 1. The number of nitrogens with zero attached hydrogens (tertiary/aromatic N) is 1. The number of hydrogen-bond acceptors (Lipinski definition) is 4. The largest absolute Gasteiger partial charge is 0.464 e. The molecular weight excluding hydrogens is 344 g/mol. The second-order valence-electron chi connectivity index (χ2n) is 6.70. The molecule has 2 aromatic heterocycles. The van der Waals surface area contributed by atoms with Crippen LogP contribution in [0.25, 0.3) is 11.0 Å². The minimum absolute atomic E-state index is 0.107. The Morgan fingerprint density at radius 2 is 2.19 bits per heavy atom. The lowest BCUT2D eigenvalue weighted by atomic mass is 9.96. The maximum atomic E-state index is 12.6. The molecule has 0 unspecified atom stereocenters. The Labute approximate surface area is 156 Å². The minimum Gasteiger partial charge on any atom is -0.464 e. The standard InChI is InChI=1S/C21H20N2O2S/c1-2-13-7-8-18-16(9-13)14(12-25-18)10-20(24)23-21-17(11-22)15-5-3-4-6-19(15)26-21/h7-9,12H,2-6,10H2,1H3,(H,23,24). The van der Waals surface area contributed by atoms with Crippen LogP contribution >= 0.6 is 11.3 Å². The molecule has 1 aliphatic carbocycles. The molecule has 4 rings (SSSR count). The number of thiophene rings is 1. The van der Waals surface area contributed by atoms with E-state index in [2.05, 4.69) is 24.4 Å². The van der Waals surface area contributed by atoms with Crippen LogP contribution in [-0.4, -0.2) is 5.91 Å². The summed E-state index contributed by atoms with van der Waals surface area (Å²) >= 11 is 1.56. The highest BCUT2D eigenvalue weighted by Crippen LogP contribution is 2.37. The number of aryl methyl sites for hydroxylation is 2. The third kappa shape index (κ3) is 3.02. The summed E-state index contributed by atoms with van der Waals surface area (Å²) in [6, 6.07) is 8.38. The molecule has 0 fully saturated rings. The lowest BCUT2D eigenvalue weighted by Gasteiger charge is -2.09. The number of rotatable bonds is 4. The van der Waals surface area contributed by atoms with E-state index < -0.39 is 0 Å². The molecular formula is C21H20N2O2S. The van der Waals surface area contributed by atoms with Gasteiger partial charge >= 0.3 is 0 Å². The fraction of sp³-hybridized carbons (Fsp3) is 0.333. The molecule has 2 heterocycles. The first kappa shape index (κ1) is 16.9. The predicted octanol–water partition coefficient (Wildman–Crippen LogP) is 4.99. The molecule has 26 heavy (non-hydrogen) atoms. The monoisotopic (exact) mass is 364 g/mol. The zero-order chi connectivity index (χ0) is 18.1. The quantitative estimate of drug-likeness (QED) is 0.709. The van der Waals surface area contributed by atoms with Crippen molar-refractivity contribution in [1.82, 2.24) is 0 Å². The molecule has 0 saturated carbocycles.